The molecule has 2 amide bonds. The summed E-state index contributed by atoms with van der Waals surface area (Å²) in [5.74, 6) is -1.79. The number of carboxylic acid groups (broad SMARTS) is 1. The minimum atomic E-state index is -1.19. The third kappa shape index (κ3) is 5.51. The first-order valence-electron chi connectivity index (χ1n) is 10.8. The normalized spacial score (nSPS) is 14.5. The summed E-state index contributed by atoms with van der Waals surface area (Å²) in [4.78, 5) is 36.5. The maximum absolute atomic E-state index is 12.7. The maximum atomic E-state index is 12.7. The molecule has 0 bridgehead atoms. The second-order valence-electron chi connectivity index (χ2n) is 9.08. The van der Waals surface area contributed by atoms with Gasteiger partial charge < -0.3 is 25.2 Å². The number of methoxy groups -OCH3 is 1. The van der Waals surface area contributed by atoms with E-state index in [-0.39, 0.29) is 19.1 Å². The zero-order chi connectivity index (χ0) is 24.2. The number of hydrogen-bond donors (Lipinski definition) is 3. The number of aliphatic carboxylic acids is 1. The van der Waals surface area contributed by atoms with Crippen molar-refractivity contribution in [3.05, 3.63) is 59.7 Å². The Bertz CT molecular complexity index is 984. The van der Waals surface area contributed by atoms with Crippen molar-refractivity contribution in [3.63, 3.8) is 0 Å². The number of carboxylic acids is 1. The van der Waals surface area contributed by atoms with E-state index in [0.29, 0.717) is 0 Å². The lowest BCUT2D eigenvalue weighted by molar-refractivity contribution is -0.148. The molecular formula is C25H30N2O6. The van der Waals surface area contributed by atoms with Crippen LogP contribution in [0.3, 0.4) is 0 Å². The number of ether oxygens (including phenoxy) is 2. The largest absolute Gasteiger partial charge is 0.479 e. The van der Waals surface area contributed by atoms with Crippen LogP contribution in [-0.2, 0) is 19.1 Å². The summed E-state index contributed by atoms with van der Waals surface area (Å²) in [6, 6.07) is 15.1. The minimum Gasteiger partial charge on any atom is -0.479 e. The van der Waals surface area contributed by atoms with Gasteiger partial charge in [-0.25, -0.2) is 9.59 Å². The molecule has 0 fully saturated rings. The van der Waals surface area contributed by atoms with Crippen LogP contribution in [0.25, 0.3) is 11.1 Å². The summed E-state index contributed by atoms with van der Waals surface area (Å²) in [5.41, 5.74) is 3.80. The predicted molar refractivity (Wildman–Crippen MR) is 123 cm³/mol. The van der Waals surface area contributed by atoms with E-state index in [1.807, 2.05) is 36.4 Å². The van der Waals surface area contributed by atoms with Gasteiger partial charge in [0, 0.05) is 13.0 Å². The first kappa shape index (κ1) is 24.3. The van der Waals surface area contributed by atoms with Crippen molar-refractivity contribution in [2.24, 2.45) is 5.41 Å². The van der Waals surface area contributed by atoms with Crippen LogP contribution in [0.2, 0.25) is 0 Å². The SMILES string of the molecule is COC(CNC(=O)[C@H](NC(=O)OCC1c2ccccc2-c2ccccc21)C(C)(C)C)C(=O)O. The average Bonchev–Trinajstić information content (AvgIpc) is 3.09. The molecule has 1 aliphatic rings. The Morgan fingerprint density at radius 1 is 1.00 bits per heavy atom. The lowest BCUT2D eigenvalue weighted by Crippen LogP contribution is -2.55. The Labute approximate surface area is 193 Å². The topological polar surface area (TPSA) is 114 Å². The van der Waals surface area contributed by atoms with Gasteiger partial charge in [-0.3, -0.25) is 4.79 Å². The maximum Gasteiger partial charge on any atom is 0.407 e. The monoisotopic (exact) mass is 454 g/mol. The second-order valence-corrected chi connectivity index (χ2v) is 9.08. The molecule has 8 nitrogen and oxygen atoms in total. The molecule has 0 heterocycles. The number of amides is 2. The van der Waals surface area contributed by atoms with E-state index in [2.05, 4.69) is 22.8 Å². The van der Waals surface area contributed by atoms with Crippen molar-refractivity contribution < 1.29 is 29.0 Å². The number of carbonyl (C=O) groups is 3. The van der Waals surface area contributed by atoms with Gasteiger partial charge in [-0.1, -0.05) is 69.3 Å². The van der Waals surface area contributed by atoms with Crippen LogP contribution in [0.5, 0.6) is 0 Å². The Morgan fingerprint density at radius 2 is 1.55 bits per heavy atom. The Balaban J connectivity index is 1.66. The van der Waals surface area contributed by atoms with Crippen molar-refractivity contribution in [2.45, 2.75) is 38.8 Å². The molecule has 0 aromatic heterocycles. The molecule has 176 valence electrons. The van der Waals surface area contributed by atoms with Gasteiger partial charge in [0.25, 0.3) is 0 Å². The summed E-state index contributed by atoms with van der Waals surface area (Å²) in [6.07, 6.45) is -1.89. The fourth-order valence-electron chi connectivity index (χ4n) is 4.00. The van der Waals surface area contributed by atoms with Crippen molar-refractivity contribution in [1.82, 2.24) is 10.6 Å². The number of benzene rings is 2. The van der Waals surface area contributed by atoms with Gasteiger partial charge in [0.1, 0.15) is 12.6 Å². The van der Waals surface area contributed by atoms with Gasteiger partial charge in [0.05, 0.1) is 6.54 Å². The van der Waals surface area contributed by atoms with E-state index in [1.165, 1.54) is 7.11 Å². The highest BCUT2D eigenvalue weighted by Crippen LogP contribution is 2.44. The van der Waals surface area contributed by atoms with Gasteiger partial charge in [-0.15, -0.1) is 0 Å². The van der Waals surface area contributed by atoms with Crippen molar-refractivity contribution in [3.8, 4) is 11.1 Å². The van der Waals surface area contributed by atoms with Crippen LogP contribution in [0.1, 0.15) is 37.8 Å². The van der Waals surface area contributed by atoms with E-state index in [0.717, 1.165) is 22.3 Å². The molecule has 1 unspecified atom stereocenters. The molecule has 33 heavy (non-hydrogen) atoms. The molecule has 2 aromatic carbocycles. The molecule has 3 rings (SSSR count). The Kier molecular flexibility index (Phi) is 7.38. The summed E-state index contributed by atoms with van der Waals surface area (Å²) >= 11 is 0. The summed E-state index contributed by atoms with van der Waals surface area (Å²) in [5, 5.41) is 14.3. The highest BCUT2D eigenvalue weighted by Gasteiger charge is 2.35. The van der Waals surface area contributed by atoms with Gasteiger partial charge in [0.15, 0.2) is 6.10 Å². The standard InChI is InChI=1S/C25H30N2O6/c1-25(2,3)21(22(28)26-13-20(32-4)23(29)30)27-24(31)33-14-19-17-11-7-5-9-15(17)16-10-6-8-12-18(16)19/h5-12,19-21H,13-14H2,1-4H3,(H,26,28)(H,27,31)(H,29,30)/t20?,21-/m0/s1. The van der Waals surface area contributed by atoms with E-state index in [1.54, 1.807) is 20.8 Å². The molecule has 0 radical (unpaired) electrons. The highest BCUT2D eigenvalue weighted by atomic mass is 16.5. The third-order valence-corrected chi connectivity index (χ3v) is 5.76. The molecular weight excluding hydrogens is 424 g/mol. The molecule has 0 saturated heterocycles. The van der Waals surface area contributed by atoms with Gasteiger partial charge >= 0.3 is 12.1 Å². The number of carbonyl (C=O) groups excluding carboxylic acids is 2. The average molecular weight is 455 g/mol. The van der Waals surface area contributed by atoms with E-state index < -0.39 is 35.5 Å². The molecule has 2 atom stereocenters. The van der Waals surface area contributed by atoms with Crippen LogP contribution < -0.4 is 10.6 Å². The first-order chi connectivity index (χ1) is 15.6. The number of fused-ring (bicyclic) bond motifs is 3. The minimum absolute atomic E-state index is 0.0944. The third-order valence-electron chi connectivity index (χ3n) is 5.76. The molecule has 0 saturated carbocycles. The smallest absolute Gasteiger partial charge is 0.407 e. The van der Waals surface area contributed by atoms with Crippen LogP contribution >= 0.6 is 0 Å². The quantitative estimate of drug-likeness (QED) is 0.565. The van der Waals surface area contributed by atoms with Crippen molar-refractivity contribution in [1.29, 1.82) is 0 Å². The number of rotatable bonds is 8. The molecule has 0 aliphatic heterocycles. The van der Waals surface area contributed by atoms with Crippen LogP contribution in [0.15, 0.2) is 48.5 Å². The molecule has 3 N–H and O–H groups in total. The summed E-state index contributed by atoms with van der Waals surface area (Å²) < 4.78 is 10.4. The lowest BCUT2D eigenvalue weighted by atomic mass is 9.86. The van der Waals surface area contributed by atoms with E-state index in [4.69, 9.17) is 14.6 Å². The number of hydrogen-bond acceptors (Lipinski definition) is 5. The Morgan fingerprint density at radius 3 is 2.03 bits per heavy atom. The van der Waals surface area contributed by atoms with E-state index in [9.17, 15) is 14.4 Å². The van der Waals surface area contributed by atoms with Gasteiger partial charge in [0.2, 0.25) is 5.91 Å². The fourth-order valence-corrected chi connectivity index (χ4v) is 4.00. The summed E-state index contributed by atoms with van der Waals surface area (Å²) in [7, 11) is 1.25. The molecule has 1 aliphatic carbocycles. The second kappa shape index (κ2) is 10.0. The molecule has 2 aromatic rings. The highest BCUT2D eigenvalue weighted by molar-refractivity contribution is 5.87. The fraction of sp³-hybridized carbons (Fsp3) is 0.400. The van der Waals surface area contributed by atoms with Crippen LogP contribution in [-0.4, -0.2) is 55.5 Å². The Hall–Kier alpha value is -3.39. The van der Waals surface area contributed by atoms with Crippen molar-refractivity contribution >= 4 is 18.0 Å². The number of alkyl carbamates (subject to hydrolysis) is 1. The van der Waals surface area contributed by atoms with E-state index >= 15 is 0 Å². The number of nitrogens with one attached hydrogen (secondary N) is 2. The lowest BCUT2D eigenvalue weighted by Gasteiger charge is -2.30. The van der Waals surface area contributed by atoms with Gasteiger partial charge in [-0.2, -0.15) is 0 Å². The predicted octanol–water partition coefficient (Wildman–Crippen LogP) is 3.16. The summed E-state index contributed by atoms with van der Waals surface area (Å²) in [6.45, 7) is 5.30. The first-order valence-corrected chi connectivity index (χ1v) is 10.8. The van der Waals surface area contributed by atoms with Crippen LogP contribution in [0, 0.1) is 5.41 Å². The molecule has 0 spiro atoms. The zero-order valence-corrected chi connectivity index (χ0v) is 19.3. The van der Waals surface area contributed by atoms with Crippen molar-refractivity contribution in [2.75, 3.05) is 20.3 Å². The zero-order valence-electron chi connectivity index (χ0n) is 19.3. The molecule has 8 heteroatoms. The van der Waals surface area contributed by atoms with Gasteiger partial charge in [-0.05, 0) is 27.7 Å². The van der Waals surface area contributed by atoms with Crippen LogP contribution in [0.4, 0.5) is 4.79 Å².